The lowest BCUT2D eigenvalue weighted by atomic mass is 9.76. The molecule has 3 aromatic carbocycles. The first-order valence-corrected chi connectivity index (χ1v) is 16.6. The summed E-state index contributed by atoms with van der Waals surface area (Å²) in [5.41, 5.74) is 2.46. The molecule has 256 valence electrons. The first kappa shape index (κ1) is 35.0. The number of carbonyl (C=O) groups is 5. The fourth-order valence-electron chi connectivity index (χ4n) is 6.50. The van der Waals surface area contributed by atoms with Gasteiger partial charge in [0.15, 0.2) is 0 Å². The second kappa shape index (κ2) is 16.7. The van der Waals surface area contributed by atoms with Crippen LogP contribution in [0.25, 0.3) is 0 Å². The summed E-state index contributed by atoms with van der Waals surface area (Å²) in [6.45, 7) is 2.19. The minimum atomic E-state index is -0.890. The number of hydrogen-bond acceptors (Lipinski definition) is 9. The van der Waals surface area contributed by atoms with Gasteiger partial charge in [0.1, 0.15) is 13.2 Å². The van der Waals surface area contributed by atoms with Crippen LogP contribution in [0.5, 0.6) is 0 Å². The van der Waals surface area contributed by atoms with E-state index in [2.05, 4.69) is 47.0 Å². The molecule has 1 heterocycles. The summed E-state index contributed by atoms with van der Waals surface area (Å²) >= 11 is 0. The molecule has 11 nitrogen and oxygen atoms in total. The molecule has 0 radical (unpaired) electrons. The monoisotopic (exact) mass is 667 g/mol. The molecule has 1 saturated heterocycles. The van der Waals surface area contributed by atoms with Crippen LogP contribution in [0, 0.1) is 17.8 Å². The van der Waals surface area contributed by atoms with Crippen LogP contribution in [-0.4, -0.2) is 61.2 Å². The van der Waals surface area contributed by atoms with Crippen molar-refractivity contribution in [2.45, 2.75) is 38.1 Å². The molecule has 5 rings (SSSR count). The minimum absolute atomic E-state index is 0.0896. The third kappa shape index (κ3) is 8.24. The normalized spacial score (nSPS) is 18.5. The number of benzene rings is 3. The lowest BCUT2D eigenvalue weighted by Crippen LogP contribution is -2.47. The lowest BCUT2D eigenvalue weighted by Gasteiger charge is -2.37. The molecule has 1 fully saturated rings. The van der Waals surface area contributed by atoms with Crippen molar-refractivity contribution in [3.63, 3.8) is 0 Å². The first-order valence-electron chi connectivity index (χ1n) is 16.6. The molecule has 3 aromatic rings. The maximum Gasteiger partial charge on any atom is 0.407 e. The van der Waals surface area contributed by atoms with Gasteiger partial charge >= 0.3 is 18.0 Å². The SMILES string of the molecule is CCC1C=CCC2C(=O)N(OC(=O)CCC(=O)OCCOC(=O)NCCNC(c3ccccc3)(c3ccccc3)c3ccccc3)C(=O)C12. The molecular weight excluding hydrogens is 626 g/mol. The Kier molecular flexibility index (Phi) is 11.9. The molecule has 2 aliphatic rings. The maximum atomic E-state index is 12.8. The van der Waals surface area contributed by atoms with Crippen LogP contribution < -0.4 is 10.6 Å². The summed E-state index contributed by atoms with van der Waals surface area (Å²) < 4.78 is 10.2. The molecule has 3 amide bonds. The van der Waals surface area contributed by atoms with E-state index < -0.39 is 47.2 Å². The number of carbonyl (C=O) groups excluding carboxylic acids is 5. The molecule has 3 unspecified atom stereocenters. The fraction of sp³-hybridized carbons (Fsp3) is 0.342. The molecule has 0 bridgehead atoms. The van der Waals surface area contributed by atoms with E-state index in [4.69, 9.17) is 14.3 Å². The molecule has 0 aromatic heterocycles. The Bertz CT molecular complexity index is 1530. The summed E-state index contributed by atoms with van der Waals surface area (Å²) in [5, 5.41) is 6.93. The second-order valence-corrected chi connectivity index (χ2v) is 11.9. The average Bonchev–Trinajstić information content (AvgIpc) is 3.38. The molecule has 1 aliphatic heterocycles. The largest absolute Gasteiger partial charge is 0.462 e. The van der Waals surface area contributed by atoms with Crippen LogP contribution in [0.1, 0.15) is 49.3 Å². The number of allylic oxidation sites excluding steroid dienone is 2. The Morgan fingerprint density at radius 3 is 1.88 bits per heavy atom. The van der Waals surface area contributed by atoms with Gasteiger partial charge in [0.2, 0.25) is 0 Å². The molecule has 3 atom stereocenters. The van der Waals surface area contributed by atoms with Gasteiger partial charge in [0.05, 0.1) is 30.2 Å². The van der Waals surface area contributed by atoms with Crippen molar-refractivity contribution in [2.75, 3.05) is 26.3 Å². The van der Waals surface area contributed by atoms with Crippen molar-refractivity contribution in [3.8, 4) is 0 Å². The van der Waals surface area contributed by atoms with Gasteiger partial charge in [-0.25, -0.2) is 9.59 Å². The van der Waals surface area contributed by atoms with Gasteiger partial charge in [0.25, 0.3) is 11.8 Å². The van der Waals surface area contributed by atoms with E-state index in [1.54, 1.807) is 0 Å². The van der Waals surface area contributed by atoms with Gasteiger partial charge in [0, 0.05) is 13.1 Å². The number of nitrogens with one attached hydrogen (secondary N) is 2. The van der Waals surface area contributed by atoms with Crippen molar-refractivity contribution in [2.24, 2.45) is 17.8 Å². The number of esters is 1. The quantitative estimate of drug-likeness (QED) is 0.0779. The van der Waals surface area contributed by atoms with E-state index in [0.717, 1.165) is 16.7 Å². The van der Waals surface area contributed by atoms with Crippen molar-refractivity contribution in [1.29, 1.82) is 0 Å². The third-order valence-corrected chi connectivity index (χ3v) is 8.85. The number of alkyl carbamates (subject to hydrolysis) is 1. The Labute approximate surface area is 285 Å². The van der Waals surface area contributed by atoms with E-state index >= 15 is 0 Å². The Balaban J connectivity index is 1.03. The van der Waals surface area contributed by atoms with Crippen LogP contribution in [0.2, 0.25) is 0 Å². The number of ether oxygens (including phenoxy) is 2. The molecular formula is C38H41N3O8. The number of amides is 3. The van der Waals surface area contributed by atoms with Crippen molar-refractivity contribution < 1.29 is 38.3 Å². The molecule has 11 heteroatoms. The molecule has 0 spiro atoms. The Hall–Kier alpha value is -5.29. The third-order valence-electron chi connectivity index (χ3n) is 8.85. The zero-order chi connectivity index (χ0) is 34.6. The van der Waals surface area contributed by atoms with Gasteiger partial charge in [-0.2, -0.15) is 0 Å². The summed E-state index contributed by atoms with van der Waals surface area (Å²) in [6, 6.07) is 30.3. The summed E-state index contributed by atoms with van der Waals surface area (Å²) in [7, 11) is 0. The van der Waals surface area contributed by atoms with Crippen LogP contribution in [-0.2, 0) is 39.0 Å². The van der Waals surface area contributed by atoms with E-state index in [1.165, 1.54) is 0 Å². The maximum absolute atomic E-state index is 12.8. The van der Waals surface area contributed by atoms with Crippen molar-refractivity contribution >= 4 is 29.8 Å². The highest BCUT2D eigenvalue weighted by Crippen LogP contribution is 2.40. The van der Waals surface area contributed by atoms with Crippen LogP contribution in [0.4, 0.5) is 4.79 Å². The number of hydroxylamine groups is 2. The van der Waals surface area contributed by atoms with Gasteiger partial charge in [-0.15, -0.1) is 5.06 Å². The van der Waals surface area contributed by atoms with Crippen molar-refractivity contribution in [1.82, 2.24) is 15.7 Å². The standard InChI is InChI=1S/C38H41N3O8/c1-2-27-13-12-20-31-34(27)36(45)41(35(31)44)49-33(43)22-21-32(42)47-25-26-48-37(46)39-23-24-40-38(28-14-6-3-7-15-28,29-16-8-4-9-17-29)30-18-10-5-11-19-30/h3-19,27,31,34,40H,2,20-26H2,1H3,(H,39,46). The summed E-state index contributed by atoms with van der Waals surface area (Å²) in [4.78, 5) is 67.3. The van der Waals surface area contributed by atoms with Gasteiger partial charge in [-0.3, -0.25) is 19.7 Å². The summed E-state index contributed by atoms with van der Waals surface area (Å²) in [6.07, 6.45) is 3.52. The number of fused-ring (bicyclic) bond motifs is 1. The Morgan fingerprint density at radius 2 is 1.31 bits per heavy atom. The number of imide groups is 1. The smallest absolute Gasteiger partial charge is 0.407 e. The van der Waals surface area contributed by atoms with E-state index in [9.17, 15) is 24.0 Å². The van der Waals surface area contributed by atoms with Crippen molar-refractivity contribution in [3.05, 3.63) is 120 Å². The van der Waals surface area contributed by atoms with E-state index in [-0.39, 0.29) is 38.5 Å². The van der Waals surface area contributed by atoms with Gasteiger partial charge in [-0.05, 0) is 35.4 Å². The molecule has 2 N–H and O–H groups in total. The van der Waals surface area contributed by atoms with E-state index in [1.807, 2.05) is 73.7 Å². The molecule has 0 saturated carbocycles. The highest BCUT2D eigenvalue weighted by molar-refractivity contribution is 6.05. The minimum Gasteiger partial charge on any atom is -0.462 e. The predicted molar refractivity (Wildman–Crippen MR) is 179 cm³/mol. The summed E-state index contributed by atoms with van der Waals surface area (Å²) in [5.74, 6) is -3.85. The zero-order valence-corrected chi connectivity index (χ0v) is 27.4. The number of nitrogens with zero attached hydrogens (tertiary/aromatic N) is 1. The highest BCUT2D eigenvalue weighted by atomic mass is 16.7. The highest BCUT2D eigenvalue weighted by Gasteiger charge is 2.52. The van der Waals surface area contributed by atoms with Gasteiger partial charge in [-0.1, -0.05) is 110 Å². The number of hydrogen-bond donors (Lipinski definition) is 2. The molecule has 1 aliphatic carbocycles. The molecule has 49 heavy (non-hydrogen) atoms. The van der Waals surface area contributed by atoms with Crippen LogP contribution in [0.15, 0.2) is 103 Å². The van der Waals surface area contributed by atoms with Crippen LogP contribution in [0.3, 0.4) is 0 Å². The Morgan fingerprint density at radius 1 is 0.755 bits per heavy atom. The fourth-order valence-corrected chi connectivity index (χ4v) is 6.50. The lowest BCUT2D eigenvalue weighted by molar-refractivity contribution is -0.199. The van der Waals surface area contributed by atoms with E-state index in [0.29, 0.717) is 24.4 Å². The predicted octanol–water partition coefficient (Wildman–Crippen LogP) is 4.66. The average molecular weight is 668 g/mol. The second-order valence-electron chi connectivity index (χ2n) is 11.9. The number of rotatable bonds is 15. The first-order chi connectivity index (χ1) is 23.8. The zero-order valence-electron chi connectivity index (χ0n) is 27.4. The topological polar surface area (TPSA) is 140 Å². The van der Waals surface area contributed by atoms with Gasteiger partial charge < -0.3 is 19.6 Å². The van der Waals surface area contributed by atoms with Crippen LogP contribution >= 0.6 is 0 Å².